The summed E-state index contributed by atoms with van der Waals surface area (Å²) in [4.78, 5) is 12.7. The molecule has 0 saturated carbocycles. The molecule has 3 aromatic heterocycles. The van der Waals surface area contributed by atoms with E-state index >= 15 is 0 Å². The molecule has 1 aromatic carbocycles. The van der Waals surface area contributed by atoms with Crippen molar-refractivity contribution in [3.63, 3.8) is 0 Å². The second-order valence-electron chi connectivity index (χ2n) is 8.71. The number of rotatable bonds is 9. The van der Waals surface area contributed by atoms with Crippen molar-refractivity contribution in [3.8, 4) is 29.0 Å². The van der Waals surface area contributed by atoms with E-state index in [0.29, 0.717) is 30.4 Å². The van der Waals surface area contributed by atoms with Gasteiger partial charge in [0, 0.05) is 24.2 Å². The van der Waals surface area contributed by atoms with Crippen LogP contribution in [0.15, 0.2) is 55.6 Å². The molecule has 4 aromatic rings. The summed E-state index contributed by atoms with van der Waals surface area (Å²) in [5.41, 5.74) is 2.25. The van der Waals surface area contributed by atoms with Crippen LogP contribution in [0.3, 0.4) is 0 Å². The van der Waals surface area contributed by atoms with Gasteiger partial charge < -0.3 is 10.1 Å². The van der Waals surface area contributed by atoms with Crippen molar-refractivity contribution >= 4 is 11.6 Å². The molecule has 0 spiro atoms. The van der Waals surface area contributed by atoms with Gasteiger partial charge in [0.05, 0.1) is 42.0 Å². The van der Waals surface area contributed by atoms with Crippen molar-refractivity contribution < 1.29 is 4.74 Å². The quantitative estimate of drug-likeness (QED) is 0.390. The van der Waals surface area contributed by atoms with Crippen LogP contribution >= 0.6 is 0 Å². The SMILES string of the molecule is C[C@@H](Cn1cncn1)Oc1cc(-c2cnc(Nc3cnn(CC(C)(C)C#N)c3)nc2)ccc1C#N. The van der Waals surface area contributed by atoms with Crippen molar-refractivity contribution in [2.24, 2.45) is 5.41 Å². The molecule has 1 atom stereocenters. The minimum Gasteiger partial charge on any atom is -0.487 e. The zero-order valence-electron chi connectivity index (χ0n) is 19.6. The molecule has 4 rings (SSSR count). The Hall–Kier alpha value is -4.77. The van der Waals surface area contributed by atoms with Gasteiger partial charge in [-0.15, -0.1) is 0 Å². The fraction of sp³-hybridized carbons (Fsp3) is 0.292. The summed E-state index contributed by atoms with van der Waals surface area (Å²) in [5, 5.41) is 30.2. The first-order valence-electron chi connectivity index (χ1n) is 10.9. The number of nitrogens with zero attached hydrogens (tertiary/aromatic N) is 9. The molecule has 35 heavy (non-hydrogen) atoms. The highest BCUT2D eigenvalue weighted by molar-refractivity contribution is 5.66. The average Bonchev–Trinajstić information content (AvgIpc) is 3.51. The van der Waals surface area contributed by atoms with Gasteiger partial charge in [-0.1, -0.05) is 6.07 Å². The summed E-state index contributed by atoms with van der Waals surface area (Å²) < 4.78 is 9.41. The Kier molecular flexibility index (Phi) is 6.69. The van der Waals surface area contributed by atoms with Crippen molar-refractivity contribution in [1.82, 2.24) is 34.5 Å². The first kappa shape index (κ1) is 23.4. The molecular formula is C24H24N10O. The second kappa shape index (κ2) is 10.0. The van der Waals surface area contributed by atoms with Gasteiger partial charge in [-0.05, 0) is 38.5 Å². The molecule has 0 aliphatic carbocycles. The molecule has 11 heteroatoms. The predicted molar refractivity (Wildman–Crippen MR) is 127 cm³/mol. The summed E-state index contributed by atoms with van der Waals surface area (Å²) in [6, 6.07) is 9.79. The summed E-state index contributed by atoms with van der Waals surface area (Å²) in [6.45, 7) is 6.61. The molecule has 0 aliphatic heterocycles. The number of hydrogen-bond acceptors (Lipinski definition) is 9. The number of ether oxygens (including phenoxy) is 1. The van der Waals surface area contributed by atoms with Crippen LogP contribution < -0.4 is 10.1 Å². The van der Waals surface area contributed by atoms with Crippen molar-refractivity contribution in [1.29, 1.82) is 10.5 Å². The fourth-order valence-corrected chi connectivity index (χ4v) is 3.36. The highest BCUT2D eigenvalue weighted by atomic mass is 16.5. The predicted octanol–water partition coefficient (Wildman–Crippen LogP) is 3.56. The Labute approximate surface area is 202 Å². The lowest BCUT2D eigenvalue weighted by Crippen LogP contribution is -2.20. The second-order valence-corrected chi connectivity index (χ2v) is 8.71. The molecule has 0 bridgehead atoms. The lowest BCUT2D eigenvalue weighted by molar-refractivity contribution is 0.193. The normalized spacial score (nSPS) is 11.9. The lowest BCUT2D eigenvalue weighted by atomic mass is 9.96. The van der Waals surface area contributed by atoms with Crippen LogP contribution in [0.25, 0.3) is 11.1 Å². The molecule has 176 valence electrons. The maximum Gasteiger partial charge on any atom is 0.227 e. The van der Waals surface area contributed by atoms with Gasteiger partial charge in [0.15, 0.2) is 0 Å². The first-order valence-corrected chi connectivity index (χ1v) is 10.9. The maximum absolute atomic E-state index is 9.49. The van der Waals surface area contributed by atoms with Gasteiger partial charge in [0.25, 0.3) is 0 Å². The molecule has 3 heterocycles. The van der Waals surface area contributed by atoms with Crippen LogP contribution in [0.2, 0.25) is 0 Å². The largest absolute Gasteiger partial charge is 0.487 e. The molecular weight excluding hydrogens is 444 g/mol. The van der Waals surface area contributed by atoms with Crippen molar-refractivity contribution in [3.05, 3.63) is 61.2 Å². The minimum absolute atomic E-state index is 0.221. The van der Waals surface area contributed by atoms with Gasteiger partial charge in [-0.3, -0.25) is 4.68 Å². The number of nitrogens with one attached hydrogen (secondary N) is 1. The molecule has 0 amide bonds. The van der Waals surface area contributed by atoms with E-state index in [2.05, 4.69) is 42.6 Å². The Morgan fingerprint density at radius 2 is 1.89 bits per heavy atom. The van der Waals surface area contributed by atoms with E-state index in [4.69, 9.17) is 4.74 Å². The zero-order valence-corrected chi connectivity index (χ0v) is 19.6. The van der Waals surface area contributed by atoms with E-state index in [1.165, 1.54) is 6.33 Å². The Morgan fingerprint density at radius 3 is 2.57 bits per heavy atom. The number of hydrogen-bond donors (Lipinski definition) is 1. The van der Waals surface area contributed by atoms with Crippen LogP contribution in [-0.4, -0.2) is 40.6 Å². The monoisotopic (exact) mass is 468 g/mol. The van der Waals surface area contributed by atoms with E-state index in [1.54, 1.807) is 46.5 Å². The van der Waals surface area contributed by atoms with Crippen LogP contribution in [0, 0.1) is 28.1 Å². The highest BCUT2D eigenvalue weighted by Crippen LogP contribution is 2.28. The first-order chi connectivity index (χ1) is 16.8. The standard InChI is InChI=1S/C24H24N10O/c1-17(11-34-16-27-15-31-34)35-22-6-18(4-5-19(22)7-25)20-8-28-23(29-9-20)32-21-10-30-33(12-21)14-24(2,3)13-26/h4-6,8-10,12,15-17H,11,14H2,1-3H3,(H,28,29,32)/t17-/m0/s1. The van der Waals surface area contributed by atoms with Gasteiger partial charge >= 0.3 is 0 Å². The smallest absolute Gasteiger partial charge is 0.227 e. The Bertz CT molecular complexity index is 1360. The van der Waals surface area contributed by atoms with Crippen molar-refractivity contribution in [2.75, 3.05) is 5.32 Å². The number of anilines is 2. The van der Waals surface area contributed by atoms with Crippen LogP contribution in [0.1, 0.15) is 26.3 Å². The van der Waals surface area contributed by atoms with Gasteiger partial charge in [-0.2, -0.15) is 20.7 Å². The third kappa shape index (κ3) is 5.97. The summed E-state index contributed by atoms with van der Waals surface area (Å²) in [6.07, 6.45) is 9.73. The minimum atomic E-state index is -0.515. The maximum atomic E-state index is 9.49. The summed E-state index contributed by atoms with van der Waals surface area (Å²) in [7, 11) is 0. The van der Waals surface area contributed by atoms with E-state index in [1.807, 2.05) is 32.9 Å². The Balaban J connectivity index is 1.45. The van der Waals surface area contributed by atoms with E-state index in [-0.39, 0.29) is 6.10 Å². The van der Waals surface area contributed by atoms with E-state index in [0.717, 1.165) is 16.8 Å². The van der Waals surface area contributed by atoms with E-state index < -0.39 is 5.41 Å². The molecule has 0 fully saturated rings. The number of aromatic nitrogens is 7. The molecule has 1 N–H and O–H groups in total. The van der Waals surface area contributed by atoms with Gasteiger partial charge in [0.2, 0.25) is 5.95 Å². The third-order valence-electron chi connectivity index (χ3n) is 5.08. The number of benzene rings is 1. The number of nitriles is 2. The Morgan fingerprint density at radius 1 is 1.09 bits per heavy atom. The van der Waals surface area contributed by atoms with Crippen LogP contribution in [0.4, 0.5) is 11.6 Å². The molecule has 0 unspecified atom stereocenters. The van der Waals surface area contributed by atoms with Crippen LogP contribution in [0.5, 0.6) is 5.75 Å². The summed E-state index contributed by atoms with van der Waals surface area (Å²) in [5.74, 6) is 0.895. The zero-order chi connectivity index (χ0) is 24.8. The third-order valence-corrected chi connectivity index (χ3v) is 5.08. The molecule has 0 radical (unpaired) electrons. The molecule has 0 saturated heterocycles. The fourth-order valence-electron chi connectivity index (χ4n) is 3.36. The topological polar surface area (TPSA) is 143 Å². The molecule has 0 aliphatic rings. The van der Waals surface area contributed by atoms with Crippen molar-refractivity contribution in [2.45, 2.75) is 40.0 Å². The van der Waals surface area contributed by atoms with Gasteiger partial charge in [0.1, 0.15) is 30.6 Å². The van der Waals surface area contributed by atoms with Gasteiger partial charge in [-0.25, -0.2) is 19.6 Å². The van der Waals surface area contributed by atoms with Crippen LogP contribution in [-0.2, 0) is 13.1 Å². The highest BCUT2D eigenvalue weighted by Gasteiger charge is 2.18. The lowest BCUT2D eigenvalue weighted by Gasteiger charge is -2.16. The summed E-state index contributed by atoms with van der Waals surface area (Å²) >= 11 is 0. The average molecular weight is 469 g/mol. The van der Waals surface area contributed by atoms with E-state index in [9.17, 15) is 10.5 Å². The molecule has 11 nitrogen and oxygen atoms in total.